The molecule has 5 nitrogen and oxygen atoms in total. The maximum Gasteiger partial charge on any atom is 0.707 e. The number of methoxy groups -OCH3 is 1. The molecule has 0 saturated carbocycles. The Morgan fingerprint density at radius 2 is 2.07 bits per heavy atom. The first-order valence-corrected chi connectivity index (χ1v) is 4.26. The number of Topliss-reactive ketones (excluding diaryl/α,β-unsaturated/α-hetero) is 1. The van der Waals surface area contributed by atoms with Crippen LogP contribution in [0.2, 0.25) is 0 Å². The zero-order valence-corrected chi connectivity index (χ0v) is 8.43. The zero-order valence-electron chi connectivity index (χ0n) is 8.43. The smallest absolute Gasteiger partial charge is 0.512 e. The molecule has 0 aliphatic heterocycles. The molecule has 0 aromatic heterocycles. The quantitative estimate of drug-likeness (QED) is 0.550. The van der Waals surface area contributed by atoms with Crippen molar-refractivity contribution in [1.29, 1.82) is 0 Å². The summed E-state index contributed by atoms with van der Waals surface area (Å²) in [5, 5.41) is 17.2. The van der Waals surface area contributed by atoms with Crippen LogP contribution in [0.4, 0.5) is 0 Å². The molecular formula is C9H11BO5. The molecule has 0 aliphatic rings. The first-order valence-electron chi connectivity index (χ1n) is 4.26. The van der Waals surface area contributed by atoms with E-state index in [0.29, 0.717) is 11.3 Å². The van der Waals surface area contributed by atoms with Crippen molar-refractivity contribution < 1.29 is 24.2 Å². The molecule has 0 aliphatic carbocycles. The van der Waals surface area contributed by atoms with Crippen molar-refractivity contribution in [3.63, 3.8) is 0 Å². The molecule has 2 N–H and O–H groups in total. The van der Waals surface area contributed by atoms with Gasteiger partial charge in [0.1, 0.15) is 11.5 Å². The van der Waals surface area contributed by atoms with Crippen molar-refractivity contribution in [3.05, 3.63) is 23.8 Å². The van der Waals surface area contributed by atoms with E-state index in [1.165, 1.54) is 32.2 Å². The van der Waals surface area contributed by atoms with E-state index in [0.717, 1.165) is 0 Å². The van der Waals surface area contributed by atoms with Gasteiger partial charge in [0, 0.05) is 0 Å². The molecule has 1 aromatic carbocycles. The minimum atomic E-state index is -1.90. The molecule has 1 aromatic rings. The molecule has 0 radical (unpaired) electrons. The fourth-order valence-corrected chi connectivity index (χ4v) is 1.16. The number of benzene rings is 1. The molecule has 6 heteroatoms. The number of hydrogen-bond donors (Lipinski definition) is 2. The van der Waals surface area contributed by atoms with E-state index in [1.807, 2.05) is 0 Å². The summed E-state index contributed by atoms with van der Waals surface area (Å²) in [5.41, 5.74) is 0.329. The summed E-state index contributed by atoms with van der Waals surface area (Å²) >= 11 is 0. The Balaban J connectivity index is 3.05. The lowest BCUT2D eigenvalue weighted by atomic mass is 10.1. The van der Waals surface area contributed by atoms with E-state index in [2.05, 4.69) is 4.65 Å². The van der Waals surface area contributed by atoms with Crippen molar-refractivity contribution in [3.8, 4) is 11.5 Å². The highest BCUT2D eigenvalue weighted by Gasteiger charge is 2.14. The second kappa shape index (κ2) is 4.81. The fraction of sp³-hybridized carbons (Fsp3) is 0.222. The van der Waals surface area contributed by atoms with Gasteiger partial charge in [-0.25, -0.2) is 0 Å². The van der Waals surface area contributed by atoms with Gasteiger partial charge >= 0.3 is 7.32 Å². The lowest BCUT2D eigenvalue weighted by molar-refractivity contribution is 0.101. The summed E-state index contributed by atoms with van der Waals surface area (Å²) in [6.07, 6.45) is 0. The number of rotatable bonds is 4. The Hall–Kier alpha value is -1.53. The molecule has 80 valence electrons. The van der Waals surface area contributed by atoms with Gasteiger partial charge in [0.05, 0.1) is 12.7 Å². The first kappa shape index (κ1) is 11.5. The van der Waals surface area contributed by atoms with Gasteiger partial charge in [-0.15, -0.1) is 0 Å². The normalized spacial score (nSPS) is 9.60. The minimum absolute atomic E-state index is 0.190. The second-order valence-electron chi connectivity index (χ2n) is 2.86. The van der Waals surface area contributed by atoms with Gasteiger partial charge in [-0.1, -0.05) is 0 Å². The SMILES string of the molecule is COc1ccc(OB(O)O)cc1C(C)=O. The van der Waals surface area contributed by atoms with Crippen LogP contribution in [0.1, 0.15) is 17.3 Å². The predicted molar refractivity (Wildman–Crippen MR) is 53.8 cm³/mol. The van der Waals surface area contributed by atoms with Crippen LogP contribution in [-0.2, 0) is 0 Å². The van der Waals surface area contributed by atoms with E-state index >= 15 is 0 Å². The van der Waals surface area contributed by atoms with Crippen LogP contribution in [0.3, 0.4) is 0 Å². The molecule has 0 amide bonds. The third-order valence-electron chi connectivity index (χ3n) is 1.79. The van der Waals surface area contributed by atoms with Crippen molar-refractivity contribution in [1.82, 2.24) is 0 Å². The summed E-state index contributed by atoms with van der Waals surface area (Å²) in [7, 11) is -0.457. The van der Waals surface area contributed by atoms with Crippen LogP contribution in [0.15, 0.2) is 18.2 Å². The first-order chi connectivity index (χ1) is 7.04. The summed E-state index contributed by atoms with van der Waals surface area (Å²) in [6, 6.07) is 4.39. The number of ether oxygens (including phenoxy) is 1. The number of hydrogen-bond acceptors (Lipinski definition) is 5. The summed E-state index contributed by atoms with van der Waals surface area (Å²) in [4.78, 5) is 11.2. The lowest BCUT2D eigenvalue weighted by Gasteiger charge is -2.09. The highest BCUT2D eigenvalue weighted by Crippen LogP contribution is 2.24. The molecule has 1 rings (SSSR count). The molecule has 0 atom stereocenters. The van der Waals surface area contributed by atoms with Crippen LogP contribution >= 0.6 is 0 Å². The van der Waals surface area contributed by atoms with Gasteiger partial charge in [0.15, 0.2) is 5.78 Å². The molecule has 0 heterocycles. The third kappa shape index (κ3) is 2.97. The minimum Gasteiger partial charge on any atom is -0.512 e. The Labute approximate surface area is 87.4 Å². The molecular weight excluding hydrogens is 199 g/mol. The van der Waals surface area contributed by atoms with Crippen LogP contribution in [0, 0.1) is 0 Å². The van der Waals surface area contributed by atoms with E-state index < -0.39 is 7.32 Å². The van der Waals surface area contributed by atoms with Gasteiger partial charge < -0.3 is 19.4 Å². The summed E-state index contributed by atoms with van der Waals surface area (Å²) in [6.45, 7) is 1.39. The fourth-order valence-electron chi connectivity index (χ4n) is 1.16. The van der Waals surface area contributed by atoms with Crippen molar-refractivity contribution >= 4 is 13.1 Å². The van der Waals surface area contributed by atoms with Gasteiger partial charge in [0.25, 0.3) is 0 Å². The van der Waals surface area contributed by atoms with Gasteiger partial charge in [-0.3, -0.25) is 4.79 Å². The molecule has 0 saturated heterocycles. The van der Waals surface area contributed by atoms with Crippen molar-refractivity contribution in [2.45, 2.75) is 6.92 Å². The van der Waals surface area contributed by atoms with E-state index in [1.54, 1.807) is 0 Å². The topological polar surface area (TPSA) is 76.0 Å². The number of carbonyl (C=O) groups is 1. The Bertz CT molecular complexity index is 364. The Morgan fingerprint density at radius 1 is 1.40 bits per heavy atom. The predicted octanol–water partition coefficient (Wildman–Crippen LogP) is 0.246. The number of ketones is 1. The summed E-state index contributed by atoms with van der Waals surface area (Å²) in [5.74, 6) is 0.419. The Kier molecular flexibility index (Phi) is 3.71. The van der Waals surface area contributed by atoms with Crippen LogP contribution in [-0.4, -0.2) is 30.3 Å². The maximum absolute atomic E-state index is 11.2. The summed E-state index contributed by atoms with van der Waals surface area (Å²) < 4.78 is 9.57. The standard InChI is InChI=1S/C9H11BO5/c1-6(11)8-5-7(15-10(12)13)3-4-9(8)14-2/h3-5,12-13H,1-2H3. The zero-order chi connectivity index (χ0) is 11.4. The molecule has 0 fully saturated rings. The highest BCUT2D eigenvalue weighted by molar-refractivity contribution is 6.33. The molecule has 0 bridgehead atoms. The highest BCUT2D eigenvalue weighted by atomic mass is 16.6. The average molecular weight is 210 g/mol. The molecule has 15 heavy (non-hydrogen) atoms. The lowest BCUT2D eigenvalue weighted by Crippen LogP contribution is -2.20. The van der Waals surface area contributed by atoms with Crippen LogP contribution in [0.5, 0.6) is 11.5 Å². The van der Waals surface area contributed by atoms with Gasteiger partial charge in [0.2, 0.25) is 0 Å². The third-order valence-corrected chi connectivity index (χ3v) is 1.79. The Morgan fingerprint density at radius 3 is 2.53 bits per heavy atom. The van der Waals surface area contributed by atoms with E-state index in [-0.39, 0.29) is 11.5 Å². The van der Waals surface area contributed by atoms with Gasteiger partial charge in [-0.2, -0.15) is 0 Å². The molecule has 0 unspecified atom stereocenters. The van der Waals surface area contributed by atoms with E-state index in [4.69, 9.17) is 14.8 Å². The maximum atomic E-state index is 11.2. The van der Waals surface area contributed by atoms with Gasteiger partial charge in [-0.05, 0) is 25.1 Å². The monoisotopic (exact) mass is 210 g/mol. The second-order valence-corrected chi connectivity index (χ2v) is 2.86. The number of carbonyl (C=O) groups excluding carboxylic acids is 1. The largest absolute Gasteiger partial charge is 0.707 e. The molecule has 0 spiro atoms. The van der Waals surface area contributed by atoms with Crippen molar-refractivity contribution in [2.24, 2.45) is 0 Å². The van der Waals surface area contributed by atoms with Crippen LogP contribution < -0.4 is 9.39 Å². The van der Waals surface area contributed by atoms with E-state index in [9.17, 15) is 4.79 Å². The van der Waals surface area contributed by atoms with Crippen molar-refractivity contribution in [2.75, 3.05) is 7.11 Å². The average Bonchev–Trinajstić information content (AvgIpc) is 2.16. The van der Waals surface area contributed by atoms with Crippen LogP contribution in [0.25, 0.3) is 0 Å².